The maximum Gasteiger partial charge on any atom is 0.151 e. The third kappa shape index (κ3) is 1.21. The minimum absolute atomic E-state index is 0.450. The van der Waals surface area contributed by atoms with Crippen LogP contribution in [0.4, 0.5) is 0 Å². The molecule has 4 heteroatoms. The number of aldehydes is 1. The van der Waals surface area contributed by atoms with E-state index < -0.39 is 0 Å². The number of rotatable bonds is 1. The summed E-state index contributed by atoms with van der Waals surface area (Å²) < 4.78 is 1.93. The summed E-state index contributed by atoms with van der Waals surface area (Å²) in [7, 11) is 1.91. The second-order valence-electron chi connectivity index (χ2n) is 3.20. The third-order valence-electron chi connectivity index (χ3n) is 2.35. The first-order valence-corrected chi connectivity index (χ1v) is 4.59. The van der Waals surface area contributed by atoms with Gasteiger partial charge in [-0.15, -0.1) is 0 Å². The van der Waals surface area contributed by atoms with Crippen molar-refractivity contribution >= 4 is 28.9 Å². The molecule has 72 valence electrons. The van der Waals surface area contributed by atoms with Crippen LogP contribution in [-0.2, 0) is 7.05 Å². The number of hydrogen-bond donors (Lipinski definition) is 0. The van der Waals surface area contributed by atoms with Crippen molar-refractivity contribution in [2.75, 3.05) is 0 Å². The fraction of sp³-hybridized carbons (Fsp3) is 0.200. The zero-order valence-corrected chi connectivity index (χ0v) is 8.67. The van der Waals surface area contributed by atoms with Gasteiger partial charge in [-0.25, -0.2) is 4.98 Å². The van der Waals surface area contributed by atoms with Gasteiger partial charge < -0.3 is 4.57 Å². The number of halogens is 1. The van der Waals surface area contributed by atoms with E-state index in [-0.39, 0.29) is 0 Å². The van der Waals surface area contributed by atoms with Crippen LogP contribution in [-0.4, -0.2) is 15.8 Å². The van der Waals surface area contributed by atoms with E-state index in [1.54, 1.807) is 12.1 Å². The lowest BCUT2D eigenvalue weighted by atomic mass is 10.2. The van der Waals surface area contributed by atoms with E-state index in [1.807, 2.05) is 18.5 Å². The van der Waals surface area contributed by atoms with Gasteiger partial charge in [-0.3, -0.25) is 4.79 Å². The van der Waals surface area contributed by atoms with Crippen molar-refractivity contribution in [2.45, 2.75) is 6.92 Å². The Morgan fingerprint density at radius 3 is 2.86 bits per heavy atom. The Labute approximate surface area is 86.3 Å². The predicted octanol–water partition coefficient (Wildman–Crippen LogP) is 2.35. The summed E-state index contributed by atoms with van der Waals surface area (Å²) >= 11 is 5.88. The number of aryl methyl sites for hydroxylation is 2. The molecule has 0 atom stereocenters. The van der Waals surface area contributed by atoms with Crippen molar-refractivity contribution in [2.24, 2.45) is 7.05 Å². The number of carbonyl (C=O) groups excluding carboxylic acids is 1. The molecular formula is C10H9ClN2O. The number of nitrogens with zero attached hydrogens (tertiary/aromatic N) is 2. The zero-order valence-electron chi connectivity index (χ0n) is 7.91. The first kappa shape index (κ1) is 9.21. The summed E-state index contributed by atoms with van der Waals surface area (Å²) in [5.74, 6) is 0.902. The van der Waals surface area contributed by atoms with Crippen LogP contribution in [0.15, 0.2) is 12.1 Å². The minimum atomic E-state index is 0.450. The molecule has 0 amide bonds. The molecule has 0 bridgehead atoms. The molecule has 1 aromatic carbocycles. The van der Waals surface area contributed by atoms with Gasteiger partial charge in [-0.05, 0) is 19.1 Å². The van der Waals surface area contributed by atoms with Gasteiger partial charge in [0.05, 0.1) is 16.1 Å². The highest BCUT2D eigenvalue weighted by Gasteiger charge is 2.07. The second kappa shape index (κ2) is 3.10. The number of fused-ring (bicyclic) bond motifs is 1. The van der Waals surface area contributed by atoms with E-state index in [9.17, 15) is 4.79 Å². The van der Waals surface area contributed by atoms with E-state index in [1.165, 1.54) is 0 Å². The monoisotopic (exact) mass is 208 g/mol. The summed E-state index contributed by atoms with van der Waals surface area (Å²) in [6.07, 6.45) is 0.754. The van der Waals surface area contributed by atoms with Crippen LogP contribution in [0, 0.1) is 6.92 Å². The van der Waals surface area contributed by atoms with E-state index in [0.717, 1.165) is 23.1 Å². The molecule has 0 radical (unpaired) electrons. The first-order valence-electron chi connectivity index (χ1n) is 4.21. The lowest BCUT2D eigenvalue weighted by Gasteiger charge is -1.98. The fourth-order valence-corrected chi connectivity index (χ4v) is 1.64. The Hall–Kier alpha value is -1.35. The van der Waals surface area contributed by atoms with Crippen molar-refractivity contribution in [3.63, 3.8) is 0 Å². The number of aromatic nitrogens is 2. The van der Waals surface area contributed by atoms with Gasteiger partial charge in [-0.1, -0.05) is 11.6 Å². The molecule has 14 heavy (non-hydrogen) atoms. The predicted molar refractivity (Wildman–Crippen MR) is 55.8 cm³/mol. The van der Waals surface area contributed by atoms with Crippen molar-refractivity contribution in [1.82, 2.24) is 9.55 Å². The average Bonchev–Trinajstić information content (AvgIpc) is 2.41. The second-order valence-corrected chi connectivity index (χ2v) is 3.61. The molecule has 1 heterocycles. The van der Waals surface area contributed by atoms with E-state index in [2.05, 4.69) is 4.98 Å². The van der Waals surface area contributed by atoms with Gasteiger partial charge in [0, 0.05) is 12.6 Å². The molecular weight excluding hydrogens is 200 g/mol. The molecule has 2 aromatic rings. The molecule has 0 saturated heterocycles. The van der Waals surface area contributed by atoms with Gasteiger partial charge in [0.15, 0.2) is 6.29 Å². The van der Waals surface area contributed by atoms with Crippen molar-refractivity contribution < 1.29 is 4.79 Å². The van der Waals surface area contributed by atoms with Crippen LogP contribution in [0.1, 0.15) is 16.2 Å². The smallest absolute Gasteiger partial charge is 0.151 e. The topological polar surface area (TPSA) is 34.9 Å². The quantitative estimate of drug-likeness (QED) is 0.675. The highest BCUT2D eigenvalue weighted by atomic mass is 35.5. The maximum absolute atomic E-state index is 10.7. The number of carbonyl (C=O) groups is 1. The number of imidazole rings is 1. The van der Waals surface area contributed by atoms with Gasteiger partial charge in [-0.2, -0.15) is 0 Å². The van der Waals surface area contributed by atoms with Crippen molar-refractivity contribution in [1.29, 1.82) is 0 Å². The standard InChI is InChI=1S/C10H9ClN2O/c1-6-12-9-4-8(11)7(5-14)3-10(9)13(6)2/h3-5H,1-2H3. The van der Waals surface area contributed by atoms with Gasteiger partial charge in [0.1, 0.15) is 5.82 Å². The van der Waals surface area contributed by atoms with Crippen LogP contribution < -0.4 is 0 Å². The Bertz CT molecular complexity index is 516. The van der Waals surface area contributed by atoms with Crippen molar-refractivity contribution in [3.8, 4) is 0 Å². The number of benzene rings is 1. The third-order valence-corrected chi connectivity index (χ3v) is 2.68. The summed E-state index contributed by atoms with van der Waals surface area (Å²) in [5.41, 5.74) is 2.25. The first-order chi connectivity index (χ1) is 6.63. The number of hydrogen-bond acceptors (Lipinski definition) is 2. The van der Waals surface area contributed by atoms with Crippen LogP contribution in [0.3, 0.4) is 0 Å². The Balaban J connectivity index is 2.86. The maximum atomic E-state index is 10.7. The summed E-state index contributed by atoms with van der Waals surface area (Å²) in [6.45, 7) is 1.91. The highest BCUT2D eigenvalue weighted by molar-refractivity contribution is 6.33. The van der Waals surface area contributed by atoms with E-state index in [4.69, 9.17) is 11.6 Å². The average molecular weight is 209 g/mol. The Morgan fingerprint density at radius 1 is 1.50 bits per heavy atom. The molecule has 1 aromatic heterocycles. The Kier molecular flexibility index (Phi) is 2.04. The molecule has 0 aliphatic carbocycles. The molecule has 0 spiro atoms. The molecule has 0 aliphatic heterocycles. The summed E-state index contributed by atoms with van der Waals surface area (Å²) in [6, 6.07) is 3.47. The normalized spacial score (nSPS) is 10.8. The molecule has 0 aliphatic rings. The van der Waals surface area contributed by atoms with Crippen LogP contribution in [0.2, 0.25) is 5.02 Å². The molecule has 0 N–H and O–H groups in total. The molecule has 0 fully saturated rings. The van der Waals surface area contributed by atoms with E-state index in [0.29, 0.717) is 10.6 Å². The van der Waals surface area contributed by atoms with Gasteiger partial charge in [0.2, 0.25) is 0 Å². The van der Waals surface area contributed by atoms with Gasteiger partial charge in [0.25, 0.3) is 0 Å². The zero-order chi connectivity index (χ0) is 10.3. The van der Waals surface area contributed by atoms with Crippen LogP contribution in [0.25, 0.3) is 11.0 Å². The highest BCUT2D eigenvalue weighted by Crippen LogP contribution is 2.22. The van der Waals surface area contributed by atoms with Gasteiger partial charge >= 0.3 is 0 Å². The SMILES string of the molecule is Cc1nc2cc(Cl)c(C=O)cc2n1C. The summed E-state index contributed by atoms with van der Waals surface area (Å²) in [4.78, 5) is 15.0. The molecule has 0 unspecified atom stereocenters. The molecule has 0 saturated carbocycles. The lowest BCUT2D eigenvalue weighted by molar-refractivity contribution is 0.112. The van der Waals surface area contributed by atoms with Crippen molar-refractivity contribution in [3.05, 3.63) is 28.5 Å². The minimum Gasteiger partial charge on any atom is -0.331 e. The largest absolute Gasteiger partial charge is 0.331 e. The van der Waals surface area contributed by atoms with E-state index >= 15 is 0 Å². The summed E-state index contributed by atoms with van der Waals surface area (Å²) in [5, 5.41) is 0.450. The fourth-order valence-electron chi connectivity index (χ4n) is 1.44. The van der Waals surface area contributed by atoms with Crippen LogP contribution in [0.5, 0.6) is 0 Å². The molecule has 3 nitrogen and oxygen atoms in total. The molecule has 2 rings (SSSR count). The lowest BCUT2D eigenvalue weighted by Crippen LogP contribution is -1.91. The van der Waals surface area contributed by atoms with Crippen LogP contribution >= 0.6 is 11.6 Å². The Morgan fingerprint density at radius 2 is 2.21 bits per heavy atom.